The van der Waals surface area contributed by atoms with Crippen molar-refractivity contribution < 1.29 is 9.59 Å². The zero-order chi connectivity index (χ0) is 22.5. The Bertz CT molecular complexity index is 919. The number of aromatic nitrogens is 3. The first kappa shape index (κ1) is 23.4. The van der Waals surface area contributed by atoms with E-state index in [1.807, 2.05) is 11.8 Å². The van der Waals surface area contributed by atoms with E-state index in [-0.39, 0.29) is 11.8 Å². The van der Waals surface area contributed by atoms with Crippen LogP contribution in [0.5, 0.6) is 0 Å². The third-order valence-electron chi connectivity index (χ3n) is 5.63. The van der Waals surface area contributed by atoms with Gasteiger partial charge in [-0.3, -0.25) is 9.59 Å². The van der Waals surface area contributed by atoms with E-state index < -0.39 is 6.04 Å². The van der Waals surface area contributed by atoms with Crippen molar-refractivity contribution in [2.75, 3.05) is 18.8 Å². The normalized spacial score (nSPS) is 15.7. The maximum atomic E-state index is 12.8. The summed E-state index contributed by atoms with van der Waals surface area (Å²) in [6, 6.07) is -0.570. The molecule has 0 aliphatic carbocycles. The van der Waals surface area contributed by atoms with Crippen LogP contribution in [0.1, 0.15) is 59.2 Å². The number of nitrogens with two attached hydrogens (primary N) is 1. The van der Waals surface area contributed by atoms with Crippen LogP contribution in [0.2, 0.25) is 5.15 Å². The molecule has 1 aliphatic rings. The lowest BCUT2D eigenvalue weighted by molar-refractivity contribution is -0.134. The van der Waals surface area contributed by atoms with Crippen LogP contribution < -0.4 is 11.1 Å². The second-order valence-corrected chi connectivity index (χ2v) is 9.37. The average molecular weight is 465 g/mol. The SMILES string of the molecule is CCc1ncc(C(=O)NC(C)C(=O)N2CCC(CCc3c(N)nc(C)nc3Cl)CC2)s1. The molecule has 0 saturated carbocycles. The van der Waals surface area contributed by atoms with Crippen LogP contribution in [-0.4, -0.2) is 50.8 Å². The van der Waals surface area contributed by atoms with E-state index in [0.29, 0.717) is 40.7 Å². The quantitative estimate of drug-likeness (QED) is 0.608. The van der Waals surface area contributed by atoms with Gasteiger partial charge in [-0.15, -0.1) is 11.3 Å². The van der Waals surface area contributed by atoms with E-state index in [0.717, 1.165) is 42.7 Å². The Hall–Kier alpha value is -2.26. The van der Waals surface area contributed by atoms with E-state index in [1.165, 1.54) is 11.3 Å². The van der Waals surface area contributed by atoms with Gasteiger partial charge in [0.25, 0.3) is 5.91 Å². The standard InChI is InChI=1S/C21H29ClN6O2S/c1-4-17-24-11-16(31-17)20(29)25-12(2)21(30)28-9-7-14(8-10-28)5-6-15-18(22)26-13(3)27-19(15)23/h11-12,14H,4-10H2,1-3H3,(H,25,29)(H2,23,26,27). The van der Waals surface area contributed by atoms with Crippen molar-refractivity contribution in [1.29, 1.82) is 0 Å². The summed E-state index contributed by atoms with van der Waals surface area (Å²) in [5.74, 6) is 1.20. The van der Waals surface area contributed by atoms with Crippen LogP contribution in [0, 0.1) is 12.8 Å². The molecule has 0 spiro atoms. The van der Waals surface area contributed by atoms with Crippen molar-refractivity contribution in [1.82, 2.24) is 25.2 Å². The fourth-order valence-corrected chi connectivity index (χ4v) is 4.86. The Kier molecular flexibility index (Phi) is 7.83. The number of aryl methyl sites for hydroxylation is 2. The number of thiazole rings is 1. The number of likely N-dealkylation sites (tertiary alicyclic amines) is 1. The maximum Gasteiger partial charge on any atom is 0.263 e. The number of carbonyl (C=O) groups excluding carboxylic acids is 2. The second kappa shape index (κ2) is 10.4. The number of piperidine rings is 1. The van der Waals surface area contributed by atoms with Gasteiger partial charge in [-0.05, 0) is 51.9 Å². The molecule has 8 nitrogen and oxygen atoms in total. The van der Waals surface area contributed by atoms with Crippen LogP contribution in [0.25, 0.3) is 0 Å². The van der Waals surface area contributed by atoms with Gasteiger partial charge in [0.1, 0.15) is 27.7 Å². The van der Waals surface area contributed by atoms with E-state index in [4.69, 9.17) is 17.3 Å². The molecule has 0 radical (unpaired) electrons. The minimum absolute atomic E-state index is 0.0498. The Balaban J connectivity index is 1.46. The zero-order valence-electron chi connectivity index (χ0n) is 18.2. The molecule has 0 aromatic carbocycles. The zero-order valence-corrected chi connectivity index (χ0v) is 19.7. The molecule has 168 valence electrons. The molecule has 3 rings (SSSR count). The molecule has 1 saturated heterocycles. The monoisotopic (exact) mass is 464 g/mol. The Labute approximate surface area is 191 Å². The molecule has 0 bridgehead atoms. The molecule has 31 heavy (non-hydrogen) atoms. The van der Waals surface area contributed by atoms with Gasteiger partial charge in [-0.25, -0.2) is 15.0 Å². The molecule has 2 aromatic heterocycles. The number of nitrogens with one attached hydrogen (secondary N) is 1. The number of hydrogen-bond donors (Lipinski definition) is 2. The highest BCUT2D eigenvalue weighted by Gasteiger charge is 2.27. The lowest BCUT2D eigenvalue weighted by atomic mass is 9.90. The number of halogens is 1. The molecule has 1 atom stereocenters. The number of nitrogen functional groups attached to an aromatic ring is 1. The molecule has 2 aromatic rings. The Morgan fingerprint density at radius 1 is 1.35 bits per heavy atom. The maximum absolute atomic E-state index is 12.8. The molecule has 1 unspecified atom stereocenters. The molecule has 1 aliphatic heterocycles. The van der Waals surface area contributed by atoms with Gasteiger partial charge in [-0.2, -0.15) is 0 Å². The summed E-state index contributed by atoms with van der Waals surface area (Å²) in [5.41, 5.74) is 6.80. The number of amides is 2. The molecular formula is C21H29ClN6O2S. The smallest absolute Gasteiger partial charge is 0.263 e. The van der Waals surface area contributed by atoms with Crippen molar-refractivity contribution >= 4 is 40.6 Å². The van der Waals surface area contributed by atoms with Crippen molar-refractivity contribution in [3.8, 4) is 0 Å². The third-order valence-corrected chi connectivity index (χ3v) is 7.08. The van der Waals surface area contributed by atoms with Gasteiger partial charge in [-0.1, -0.05) is 18.5 Å². The topological polar surface area (TPSA) is 114 Å². The van der Waals surface area contributed by atoms with Gasteiger partial charge < -0.3 is 16.0 Å². The van der Waals surface area contributed by atoms with Crippen molar-refractivity contribution in [3.63, 3.8) is 0 Å². The lowest BCUT2D eigenvalue weighted by Crippen LogP contribution is -2.49. The number of carbonyl (C=O) groups is 2. The summed E-state index contributed by atoms with van der Waals surface area (Å²) < 4.78 is 0. The average Bonchev–Trinajstić information content (AvgIpc) is 3.22. The largest absolute Gasteiger partial charge is 0.383 e. The minimum Gasteiger partial charge on any atom is -0.383 e. The second-order valence-electron chi connectivity index (χ2n) is 7.90. The third kappa shape index (κ3) is 5.92. The van der Waals surface area contributed by atoms with E-state index >= 15 is 0 Å². The predicted molar refractivity (Wildman–Crippen MR) is 122 cm³/mol. The van der Waals surface area contributed by atoms with E-state index in [1.54, 1.807) is 20.0 Å². The summed E-state index contributed by atoms with van der Waals surface area (Å²) in [6.45, 7) is 6.85. The highest BCUT2D eigenvalue weighted by Crippen LogP contribution is 2.27. The molecule has 10 heteroatoms. The number of anilines is 1. The van der Waals surface area contributed by atoms with Gasteiger partial charge in [0.05, 0.1) is 11.2 Å². The lowest BCUT2D eigenvalue weighted by Gasteiger charge is -2.33. The van der Waals surface area contributed by atoms with Crippen LogP contribution in [0.15, 0.2) is 6.20 Å². The fourth-order valence-electron chi connectivity index (χ4n) is 3.79. The number of nitrogens with zero attached hydrogens (tertiary/aromatic N) is 4. The molecular weight excluding hydrogens is 436 g/mol. The van der Waals surface area contributed by atoms with Gasteiger partial charge in [0, 0.05) is 18.7 Å². The Morgan fingerprint density at radius 2 is 2.06 bits per heavy atom. The summed E-state index contributed by atoms with van der Waals surface area (Å²) in [6.07, 6.45) is 5.83. The summed E-state index contributed by atoms with van der Waals surface area (Å²) >= 11 is 7.59. The summed E-state index contributed by atoms with van der Waals surface area (Å²) in [7, 11) is 0. The first-order valence-electron chi connectivity index (χ1n) is 10.6. The summed E-state index contributed by atoms with van der Waals surface area (Å²) in [4.78, 5) is 40.1. The van der Waals surface area contributed by atoms with Crippen LogP contribution in [0.3, 0.4) is 0 Å². The first-order chi connectivity index (χ1) is 14.8. The highest BCUT2D eigenvalue weighted by molar-refractivity contribution is 7.13. The van der Waals surface area contributed by atoms with Crippen molar-refractivity contribution in [2.24, 2.45) is 5.92 Å². The minimum atomic E-state index is -0.570. The molecule has 3 heterocycles. The predicted octanol–water partition coefficient (Wildman–Crippen LogP) is 3.03. The van der Waals surface area contributed by atoms with E-state index in [2.05, 4.69) is 20.3 Å². The van der Waals surface area contributed by atoms with Crippen LogP contribution >= 0.6 is 22.9 Å². The van der Waals surface area contributed by atoms with Crippen LogP contribution in [0.4, 0.5) is 5.82 Å². The summed E-state index contributed by atoms with van der Waals surface area (Å²) in [5, 5.41) is 4.14. The Morgan fingerprint density at radius 3 is 2.68 bits per heavy atom. The van der Waals surface area contributed by atoms with Crippen LogP contribution in [-0.2, 0) is 17.6 Å². The molecule has 2 amide bonds. The first-order valence-corrected chi connectivity index (χ1v) is 11.8. The molecule has 1 fully saturated rings. The van der Waals surface area contributed by atoms with Crippen molar-refractivity contribution in [2.45, 2.75) is 58.9 Å². The number of rotatable bonds is 7. The van der Waals surface area contributed by atoms with Gasteiger partial charge in [0.15, 0.2) is 0 Å². The fraction of sp³-hybridized carbons (Fsp3) is 0.571. The highest BCUT2D eigenvalue weighted by atomic mass is 35.5. The van der Waals surface area contributed by atoms with Gasteiger partial charge >= 0.3 is 0 Å². The molecule has 3 N–H and O–H groups in total. The number of hydrogen-bond acceptors (Lipinski definition) is 7. The van der Waals surface area contributed by atoms with E-state index in [9.17, 15) is 9.59 Å². The van der Waals surface area contributed by atoms with Gasteiger partial charge in [0.2, 0.25) is 5.91 Å². The van der Waals surface area contributed by atoms with Crippen molar-refractivity contribution in [3.05, 3.63) is 32.6 Å².